The van der Waals surface area contributed by atoms with E-state index < -0.39 is 11.6 Å². The Kier molecular flexibility index (Phi) is 3.67. The lowest BCUT2D eigenvalue weighted by atomic mass is 10.1. The molecule has 0 aromatic heterocycles. The Balaban J connectivity index is 2.07. The second kappa shape index (κ2) is 5.40. The zero-order valence-corrected chi connectivity index (χ0v) is 9.49. The maximum Gasteiger partial charge on any atom is 0.251 e. The first-order chi connectivity index (χ1) is 8.68. The minimum Gasteiger partial charge on any atom is -0.348 e. The van der Waals surface area contributed by atoms with Crippen molar-refractivity contribution in [3.05, 3.63) is 71.3 Å². The van der Waals surface area contributed by atoms with E-state index in [0.29, 0.717) is 5.56 Å². The number of amides is 1. The standard InChI is InChI=1S/C14H11F2NO/c15-12-7-4-8-13(16)11(12)9-17-14(18)10-5-2-1-3-6-10/h1-8H,9H2,(H,17,18). The summed E-state index contributed by atoms with van der Waals surface area (Å²) >= 11 is 0. The van der Waals surface area contributed by atoms with Crippen LogP contribution in [0.3, 0.4) is 0 Å². The number of hydrogen-bond acceptors (Lipinski definition) is 1. The van der Waals surface area contributed by atoms with Crippen molar-refractivity contribution in [3.63, 3.8) is 0 Å². The molecule has 0 fully saturated rings. The third kappa shape index (κ3) is 2.71. The summed E-state index contributed by atoms with van der Waals surface area (Å²) in [7, 11) is 0. The molecule has 0 aliphatic carbocycles. The fraction of sp³-hybridized carbons (Fsp3) is 0.0714. The molecule has 18 heavy (non-hydrogen) atoms. The van der Waals surface area contributed by atoms with Crippen LogP contribution >= 0.6 is 0 Å². The Morgan fingerprint density at radius 1 is 0.944 bits per heavy atom. The summed E-state index contributed by atoms with van der Waals surface area (Å²) in [5.41, 5.74) is 0.316. The number of benzene rings is 2. The van der Waals surface area contributed by atoms with Gasteiger partial charge in [-0.05, 0) is 24.3 Å². The molecule has 0 heterocycles. The van der Waals surface area contributed by atoms with Crippen LogP contribution in [-0.4, -0.2) is 5.91 Å². The first kappa shape index (κ1) is 12.2. The summed E-state index contributed by atoms with van der Waals surface area (Å²) in [6.45, 7) is -0.174. The second-order valence-corrected chi connectivity index (χ2v) is 3.75. The van der Waals surface area contributed by atoms with Crippen molar-refractivity contribution in [2.24, 2.45) is 0 Å². The van der Waals surface area contributed by atoms with E-state index in [0.717, 1.165) is 12.1 Å². The molecule has 1 amide bonds. The molecule has 0 atom stereocenters. The van der Waals surface area contributed by atoms with E-state index in [4.69, 9.17) is 0 Å². The Morgan fingerprint density at radius 2 is 1.56 bits per heavy atom. The van der Waals surface area contributed by atoms with Gasteiger partial charge in [0.2, 0.25) is 0 Å². The average molecular weight is 247 g/mol. The van der Waals surface area contributed by atoms with Crippen LogP contribution in [0.2, 0.25) is 0 Å². The van der Waals surface area contributed by atoms with Crippen LogP contribution in [0.1, 0.15) is 15.9 Å². The lowest BCUT2D eigenvalue weighted by Gasteiger charge is -2.07. The van der Waals surface area contributed by atoms with Gasteiger partial charge in [0.1, 0.15) is 11.6 Å². The Labute approximate surface area is 103 Å². The van der Waals surface area contributed by atoms with Gasteiger partial charge in [0.15, 0.2) is 0 Å². The van der Waals surface area contributed by atoms with Crippen LogP contribution in [-0.2, 0) is 6.54 Å². The molecule has 1 N–H and O–H groups in total. The van der Waals surface area contributed by atoms with Gasteiger partial charge >= 0.3 is 0 Å². The molecule has 0 radical (unpaired) electrons. The zero-order valence-electron chi connectivity index (χ0n) is 9.49. The fourth-order valence-electron chi connectivity index (χ4n) is 1.56. The maximum absolute atomic E-state index is 13.3. The van der Waals surface area contributed by atoms with E-state index in [2.05, 4.69) is 5.32 Å². The minimum atomic E-state index is -0.664. The van der Waals surface area contributed by atoms with Gasteiger partial charge in [-0.15, -0.1) is 0 Å². The number of nitrogens with one attached hydrogen (secondary N) is 1. The molecular formula is C14H11F2NO. The van der Waals surface area contributed by atoms with Gasteiger partial charge in [0, 0.05) is 17.7 Å². The molecule has 0 aliphatic rings. The maximum atomic E-state index is 13.3. The average Bonchev–Trinajstić information content (AvgIpc) is 2.39. The molecule has 2 aromatic carbocycles. The first-order valence-electron chi connectivity index (χ1n) is 5.44. The molecule has 0 unspecified atom stereocenters. The van der Waals surface area contributed by atoms with E-state index in [-0.39, 0.29) is 18.0 Å². The molecule has 92 valence electrons. The van der Waals surface area contributed by atoms with Gasteiger partial charge in [-0.3, -0.25) is 4.79 Å². The van der Waals surface area contributed by atoms with Crippen LogP contribution < -0.4 is 5.32 Å². The van der Waals surface area contributed by atoms with E-state index in [1.807, 2.05) is 0 Å². The topological polar surface area (TPSA) is 29.1 Å². The largest absolute Gasteiger partial charge is 0.348 e. The predicted molar refractivity (Wildman–Crippen MR) is 64.0 cm³/mol. The summed E-state index contributed by atoms with van der Waals surface area (Å²) in [5.74, 6) is -1.69. The number of rotatable bonds is 3. The smallest absolute Gasteiger partial charge is 0.251 e. The summed E-state index contributed by atoms with van der Waals surface area (Å²) < 4.78 is 26.6. The van der Waals surface area contributed by atoms with Crippen molar-refractivity contribution in [3.8, 4) is 0 Å². The van der Waals surface area contributed by atoms with Gasteiger partial charge in [-0.1, -0.05) is 24.3 Å². The number of halogens is 2. The fourth-order valence-corrected chi connectivity index (χ4v) is 1.56. The third-order valence-corrected chi connectivity index (χ3v) is 2.52. The molecule has 2 rings (SSSR count). The van der Waals surface area contributed by atoms with E-state index in [1.165, 1.54) is 6.07 Å². The lowest BCUT2D eigenvalue weighted by Crippen LogP contribution is -2.23. The highest BCUT2D eigenvalue weighted by Crippen LogP contribution is 2.11. The van der Waals surface area contributed by atoms with Crippen molar-refractivity contribution in [2.45, 2.75) is 6.54 Å². The van der Waals surface area contributed by atoms with Crippen molar-refractivity contribution in [1.82, 2.24) is 5.32 Å². The van der Waals surface area contributed by atoms with E-state index >= 15 is 0 Å². The van der Waals surface area contributed by atoms with Crippen LogP contribution in [0.15, 0.2) is 48.5 Å². The molecule has 4 heteroatoms. The summed E-state index contributed by atoms with van der Waals surface area (Å²) in [5, 5.41) is 2.48. The highest BCUT2D eigenvalue weighted by atomic mass is 19.1. The summed E-state index contributed by atoms with van der Waals surface area (Å²) in [6, 6.07) is 12.1. The van der Waals surface area contributed by atoms with Crippen LogP contribution in [0.5, 0.6) is 0 Å². The lowest BCUT2D eigenvalue weighted by molar-refractivity contribution is 0.0950. The molecule has 0 saturated heterocycles. The molecule has 0 saturated carbocycles. The van der Waals surface area contributed by atoms with Gasteiger partial charge in [-0.25, -0.2) is 8.78 Å². The van der Waals surface area contributed by atoms with Crippen molar-refractivity contribution in [1.29, 1.82) is 0 Å². The number of hydrogen-bond donors (Lipinski definition) is 1. The van der Waals surface area contributed by atoms with Gasteiger partial charge in [0.05, 0.1) is 0 Å². The third-order valence-electron chi connectivity index (χ3n) is 2.52. The van der Waals surface area contributed by atoms with Gasteiger partial charge in [0.25, 0.3) is 5.91 Å². The number of carbonyl (C=O) groups is 1. The van der Waals surface area contributed by atoms with Crippen LogP contribution in [0, 0.1) is 11.6 Å². The van der Waals surface area contributed by atoms with Crippen LogP contribution in [0.25, 0.3) is 0 Å². The highest BCUT2D eigenvalue weighted by molar-refractivity contribution is 5.94. The van der Waals surface area contributed by atoms with E-state index in [9.17, 15) is 13.6 Å². The van der Waals surface area contributed by atoms with Crippen molar-refractivity contribution in [2.75, 3.05) is 0 Å². The van der Waals surface area contributed by atoms with Gasteiger partial charge in [-0.2, -0.15) is 0 Å². The molecule has 0 spiro atoms. The summed E-state index contributed by atoms with van der Waals surface area (Å²) in [6.07, 6.45) is 0. The summed E-state index contributed by atoms with van der Waals surface area (Å²) in [4.78, 5) is 11.7. The zero-order chi connectivity index (χ0) is 13.0. The van der Waals surface area contributed by atoms with Gasteiger partial charge < -0.3 is 5.32 Å². The van der Waals surface area contributed by atoms with Crippen molar-refractivity contribution >= 4 is 5.91 Å². The monoisotopic (exact) mass is 247 g/mol. The van der Waals surface area contributed by atoms with E-state index in [1.54, 1.807) is 30.3 Å². The predicted octanol–water partition coefficient (Wildman–Crippen LogP) is 2.89. The molecule has 2 aromatic rings. The molecule has 0 bridgehead atoms. The molecule has 2 nitrogen and oxygen atoms in total. The minimum absolute atomic E-state index is 0.137. The number of carbonyl (C=O) groups excluding carboxylic acids is 1. The molecule has 0 aliphatic heterocycles. The highest BCUT2D eigenvalue weighted by Gasteiger charge is 2.10. The Bertz CT molecular complexity index is 535. The van der Waals surface area contributed by atoms with Crippen molar-refractivity contribution < 1.29 is 13.6 Å². The first-order valence-corrected chi connectivity index (χ1v) is 5.44. The van der Waals surface area contributed by atoms with Crippen LogP contribution in [0.4, 0.5) is 8.78 Å². The quantitative estimate of drug-likeness (QED) is 0.887. The Morgan fingerprint density at radius 3 is 2.17 bits per heavy atom. The molecular weight excluding hydrogens is 236 g/mol. The SMILES string of the molecule is O=C(NCc1c(F)cccc1F)c1ccccc1. The second-order valence-electron chi connectivity index (χ2n) is 3.75. The normalized spacial score (nSPS) is 10.1. The Hall–Kier alpha value is -2.23.